The molecule has 7 nitrogen and oxygen atoms in total. The number of halogens is 2. The van der Waals surface area contributed by atoms with Crippen molar-refractivity contribution in [1.82, 2.24) is 15.0 Å². The summed E-state index contributed by atoms with van der Waals surface area (Å²) in [7, 11) is 0. The molecule has 36 heavy (non-hydrogen) atoms. The second-order valence-corrected chi connectivity index (χ2v) is 9.24. The van der Waals surface area contributed by atoms with Gasteiger partial charge in [0.25, 0.3) is 5.92 Å². The molecule has 2 aliphatic carbocycles. The van der Waals surface area contributed by atoms with Crippen LogP contribution in [0.4, 0.5) is 20.4 Å². The van der Waals surface area contributed by atoms with E-state index in [9.17, 15) is 18.7 Å². The standard InChI is InChI=1S/C27H31F2N5O2/c1-4-7-23(35)19-12-16(3)21(10-9-17(19)5-2)33-25-18(8-6-11-30-25)22-13-24(32-15-31-22)34-26(36)20-14-27(20,28)29/h6,8-13,15,17,20,23,35H,4-5,7,14H2,1-3H3,(H,30,33)(H,31,32,34,36)/t17?,20-,23+/m1/s1. The van der Waals surface area contributed by atoms with Gasteiger partial charge in [0.15, 0.2) is 0 Å². The maximum Gasteiger partial charge on any atom is 0.260 e. The second-order valence-electron chi connectivity index (χ2n) is 9.24. The predicted molar refractivity (Wildman–Crippen MR) is 135 cm³/mol. The van der Waals surface area contributed by atoms with Crippen molar-refractivity contribution in [1.29, 1.82) is 0 Å². The fourth-order valence-electron chi connectivity index (χ4n) is 4.31. The van der Waals surface area contributed by atoms with Crippen molar-refractivity contribution in [3.8, 4) is 11.3 Å². The van der Waals surface area contributed by atoms with Crippen molar-refractivity contribution in [3.63, 3.8) is 0 Å². The third-order valence-electron chi connectivity index (χ3n) is 6.52. The van der Waals surface area contributed by atoms with E-state index < -0.39 is 30.3 Å². The molecular weight excluding hydrogens is 464 g/mol. The summed E-state index contributed by atoms with van der Waals surface area (Å²) < 4.78 is 26.5. The first-order chi connectivity index (χ1) is 17.2. The van der Waals surface area contributed by atoms with Crippen LogP contribution in [0.2, 0.25) is 0 Å². The Morgan fingerprint density at radius 1 is 1.28 bits per heavy atom. The van der Waals surface area contributed by atoms with E-state index >= 15 is 0 Å². The molecule has 1 fully saturated rings. The molecule has 0 radical (unpaired) electrons. The Hall–Kier alpha value is -3.46. The molecule has 9 heteroatoms. The fourth-order valence-corrected chi connectivity index (χ4v) is 4.31. The third-order valence-corrected chi connectivity index (χ3v) is 6.52. The predicted octanol–water partition coefficient (Wildman–Crippen LogP) is 5.50. The molecule has 0 bridgehead atoms. The first-order valence-electron chi connectivity index (χ1n) is 12.2. The van der Waals surface area contributed by atoms with Gasteiger partial charge < -0.3 is 15.7 Å². The van der Waals surface area contributed by atoms with Crippen molar-refractivity contribution in [3.05, 3.63) is 65.8 Å². The first kappa shape index (κ1) is 25.6. The molecule has 4 rings (SSSR count). The number of allylic oxidation sites excluding steroid dienone is 4. The van der Waals surface area contributed by atoms with Gasteiger partial charge in [0, 0.05) is 35.9 Å². The number of aliphatic hydroxyl groups excluding tert-OH is 1. The maximum absolute atomic E-state index is 13.2. The minimum absolute atomic E-state index is 0.135. The summed E-state index contributed by atoms with van der Waals surface area (Å²) in [4.78, 5) is 24.9. The van der Waals surface area contributed by atoms with Crippen LogP contribution in [-0.2, 0) is 4.79 Å². The molecule has 2 aromatic rings. The SMILES string of the molecule is CCC[C@H](O)C1=CC(C)=C(Nc2ncccc2-c2cc(NC(=O)[C@H]3CC3(F)F)ncn2)C=CC1CC. The highest BCUT2D eigenvalue weighted by molar-refractivity contribution is 5.95. The van der Waals surface area contributed by atoms with Crippen LogP contribution < -0.4 is 10.6 Å². The summed E-state index contributed by atoms with van der Waals surface area (Å²) in [5.74, 6) is -4.19. The Bertz CT molecular complexity index is 1220. The van der Waals surface area contributed by atoms with Gasteiger partial charge >= 0.3 is 0 Å². The van der Waals surface area contributed by atoms with Crippen LogP contribution in [-0.4, -0.2) is 38.0 Å². The normalized spacial score (nSPS) is 21.4. The lowest BCUT2D eigenvalue weighted by molar-refractivity contribution is -0.119. The van der Waals surface area contributed by atoms with Crippen LogP contribution >= 0.6 is 0 Å². The van der Waals surface area contributed by atoms with E-state index in [1.54, 1.807) is 12.3 Å². The third kappa shape index (κ3) is 5.67. The van der Waals surface area contributed by atoms with Gasteiger partial charge in [0.05, 0.1) is 11.8 Å². The summed E-state index contributed by atoms with van der Waals surface area (Å²) in [5, 5.41) is 16.5. The van der Waals surface area contributed by atoms with Crippen molar-refractivity contribution >= 4 is 17.5 Å². The lowest BCUT2D eigenvalue weighted by Crippen LogP contribution is -2.18. The van der Waals surface area contributed by atoms with Gasteiger partial charge in [-0.3, -0.25) is 4.79 Å². The number of nitrogens with one attached hydrogen (secondary N) is 2. The lowest BCUT2D eigenvalue weighted by atomic mass is 9.89. The fraction of sp³-hybridized carbons (Fsp3) is 0.407. The van der Waals surface area contributed by atoms with Crippen LogP contribution in [0.1, 0.15) is 46.5 Å². The lowest BCUT2D eigenvalue weighted by Gasteiger charge is -2.20. The number of anilines is 2. The van der Waals surface area contributed by atoms with Crippen LogP contribution in [0.3, 0.4) is 0 Å². The topological polar surface area (TPSA) is 100 Å². The Morgan fingerprint density at radius 2 is 2.06 bits per heavy atom. The minimum Gasteiger partial charge on any atom is -0.389 e. The number of aliphatic hydroxyl groups is 1. The van der Waals surface area contributed by atoms with E-state index in [0.717, 1.165) is 29.7 Å². The van der Waals surface area contributed by atoms with Crippen molar-refractivity contribution < 1.29 is 18.7 Å². The molecule has 1 saturated carbocycles. The highest BCUT2D eigenvalue weighted by atomic mass is 19.3. The number of hydrogen-bond donors (Lipinski definition) is 3. The van der Waals surface area contributed by atoms with E-state index in [-0.39, 0.29) is 11.7 Å². The van der Waals surface area contributed by atoms with Crippen molar-refractivity contribution in [2.75, 3.05) is 10.6 Å². The van der Waals surface area contributed by atoms with E-state index in [2.05, 4.69) is 45.5 Å². The van der Waals surface area contributed by atoms with Crippen molar-refractivity contribution in [2.45, 2.75) is 58.5 Å². The molecule has 190 valence electrons. The molecule has 2 heterocycles. The Balaban J connectivity index is 1.60. The number of rotatable bonds is 9. The average Bonchev–Trinajstić information content (AvgIpc) is 3.54. The molecule has 0 aliphatic heterocycles. The molecule has 0 saturated heterocycles. The van der Waals surface area contributed by atoms with Crippen molar-refractivity contribution in [2.24, 2.45) is 11.8 Å². The number of amides is 1. The highest BCUT2D eigenvalue weighted by Gasteiger charge is 2.61. The van der Waals surface area contributed by atoms with E-state index in [1.807, 2.05) is 25.1 Å². The zero-order valence-electron chi connectivity index (χ0n) is 20.6. The number of pyridine rings is 1. The quantitative estimate of drug-likeness (QED) is 0.425. The summed E-state index contributed by atoms with van der Waals surface area (Å²) in [6.45, 7) is 6.14. The van der Waals surface area contributed by atoms with Gasteiger partial charge in [0.2, 0.25) is 5.91 Å². The van der Waals surface area contributed by atoms with Crippen LogP contribution in [0.25, 0.3) is 11.3 Å². The van der Waals surface area contributed by atoms with E-state index in [0.29, 0.717) is 23.5 Å². The van der Waals surface area contributed by atoms with E-state index in [4.69, 9.17) is 0 Å². The number of hydrogen-bond acceptors (Lipinski definition) is 6. The first-order valence-corrected chi connectivity index (χ1v) is 12.2. The number of carbonyl (C=O) groups excluding carboxylic acids is 1. The summed E-state index contributed by atoms with van der Waals surface area (Å²) in [5.41, 5.74) is 3.95. The zero-order chi connectivity index (χ0) is 25.9. The number of aromatic nitrogens is 3. The monoisotopic (exact) mass is 495 g/mol. The average molecular weight is 496 g/mol. The molecule has 0 aromatic carbocycles. The summed E-state index contributed by atoms with van der Waals surface area (Å²) in [6, 6.07) is 5.13. The number of nitrogens with zero attached hydrogens (tertiary/aromatic N) is 3. The molecule has 0 spiro atoms. The molecular formula is C27H31F2N5O2. The molecule has 3 atom stereocenters. The Kier molecular flexibility index (Phi) is 7.59. The van der Waals surface area contributed by atoms with Gasteiger partial charge in [-0.25, -0.2) is 23.7 Å². The van der Waals surface area contributed by atoms with E-state index in [1.165, 1.54) is 12.4 Å². The molecule has 1 unspecified atom stereocenters. The van der Waals surface area contributed by atoms with Gasteiger partial charge in [0.1, 0.15) is 23.9 Å². The summed E-state index contributed by atoms with van der Waals surface area (Å²) >= 11 is 0. The van der Waals surface area contributed by atoms with Gasteiger partial charge in [-0.2, -0.15) is 0 Å². The largest absolute Gasteiger partial charge is 0.389 e. The number of carbonyl (C=O) groups is 1. The van der Waals surface area contributed by atoms with Gasteiger partial charge in [-0.15, -0.1) is 0 Å². The van der Waals surface area contributed by atoms with Gasteiger partial charge in [-0.1, -0.05) is 32.4 Å². The number of alkyl halides is 2. The van der Waals surface area contributed by atoms with Crippen LogP contribution in [0.15, 0.2) is 65.8 Å². The molecule has 2 aliphatic rings. The maximum atomic E-state index is 13.2. The van der Waals surface area contributed by atoms with Crippen LogP contribution in [0, 0.1) is 11.8 Å². The molecule has 2 aromatic heterocycles. The minimum atomic E-state index is -2.95. The highest BCUT2D eigenvalue weighted by Crippen LogP contribution is 2.49. The smallest absolute Gasteiger partial charge is 0.260 e. The molecule has 1 amide bonds. The van der Waals surface area contributed by atoms with Crippen LogP contribution in [0.5, 0.6) is 0 Å². The Morgan fingerprint density at radius 3 is 2.75 bits per heavy atom. The Labute approximate surface area is 209 Å². The van der Waals surface area contributed by atoms with Gasteiger partial charge in [-0.05, 0) is 49.1 Å². The zero-order valence-corrected chi connectivity index (χ0v) is 20.6. The second kappa shape index (κ2) is 10.7. The summed E-state index contributed by atoms with van der Waals surface area (Å²) in [6.07, 6.45) is 10.6. The molecule has 3 N–H and O–H groups in total.